The summed E-state index contributed by atoms with van der Waals surface area (Å²) in [5, 5.41) is 4.97. The molecule has 0 radical (unpaired) electrons. The van der Waals surface area contributed by atoms with Crippen molar-refractivity contribution in [1.82, 2.24) is 15.3 Å². The molecule has 4 nitrogen and oxygen atoms in total. The summed E-state index contributed by atoms with van der Waals surface area (Å²) >= 11 is 12.9. The lowest BCUT2D eigenvalue weighted by Crippen LogP contribution is -2.23. The molecule has 0 spiro atoms. The summed E-state index contributed by atoms with van der Waals surface area (Å²) < 4.78 is 0. The lowest BCUT2D eigenvalue weighted by molar-refractivity contribution is 0.0950. The second-order valence-electron chi connectivity index (χ2n) is 3.16. The Balaban J connectivity index is 2.04. The Hall–Kier alpha value is -1.17. The van der Waals surface area contributed by atoms with Gasteiger partial charge in [-0.2, -0.15) is 0 Å². The summed E-state index contributed by atoms with van der Waals surface area (Å²) in [6.45, 7) is 0.375. The van der Waals surface area contributed by atoms with Crippen molar-refractivity contribution in [3.8, 4) is 0 Å². The molecular weight excluding hydrogens is 281 g/mol. The molecule has 1 amide bonds. The highest BCUT2D eigenvalue weighted by Gasteiger charge is 2.08. The van der Waals surface area contributed by atoms with E-state index in [-0.39, 0.29) is 16.2 Å². The van der Waals surface area contributed by atoms with Crippen LogP contribution in [0.2, 0.25) is 10.3 Å². The Morgan fingerprint density at radius 2 is 2.06 bits per heavy atom. The predicted octanol–water partition coefficient (Wildman–Crippen LogP) is 2.77. The van der Waals surface area contributed by atoms with Crippen molar-refractivity contribution in [2.45, 2.75) is 6.54 Å². The Labute approximate surface area is 112 Å². The molecule has 1 N–H and O–H groups in total. The first kappa shape index (κ1) is 12.3. The molecule has 2 heterocycles. The van der Waals surface area contributed by atoms with Gasteiger partial charge in [0.15, 0.2) is 0 Å². The van der Waals surface area contributed by atoms with Crippen LogP contribution in [-0.4, -0.2) is 15.9 Å². The van der Waals surface area contributed by atoms with Crippen LogP contribution in [0.4, 0.5) is 0 Å². The Kier molecular flexibility index (Phi) is 3.93. The van der Waals surface area contributed by atoms with E-state index < -0.39 is 0 Å². The SMILES string of the molecule is O=C(NCc1cscn1)c1cc(Cl)nc(Cl)c1. The molecule has 0 aromatic carbocycles. The second kappa shape index (κ2) is 5.44. The maximum atomic E-state index is 11.8. The molecule has 2 aromatic rings. The third-order valence-electron chi connectivity index (χ3n) is 1.94. The minimum absolute atomic E-state index is 0.191. The van der Waals surface area contributed by atoms with Crippen molar-refractivity contribution >= 4 is 40.4 Å². The molecule has 2 rings (SSSR count). The summed E-state index contributed by atoms with van der Waals surface area (Å²) in [4.78, 5) is 19.6. The molecule has 17 heavy (non-hydrogen) atoms. The number of aromatic nitrogens is 2. The quantitative estimate of drug-likeness (QED) is 0.884. The van der Waals surface area contributed by atoms with Gasteiger partial charge in [-0.05, 0) is 12.1 Å². The smallest absolute Gasteiger partial charge is 0.251 e. The van der Waals surface area contributed by atoms with Crippen molar-refractivity contribution in [3.63, 3.8) is 0 Å². The Morgan fingerprint density at radius 3 is 2.65 bits per heavy atom. The molecule has 0 atom stereocenters. The van der Waals surface area contributed by atoms with Gasteiger partial charge in [-0.25, -0.2) is 9.97 Å². The number of pyridine rings is 1. The lowest BCUT2D eigenvalue weighted by atomic mass is 10.2. The number of hydrogen-bond donors (Lipinski definition) is 1. The van der Waals surface area contributed by atoms with E-state index in [1.54, 1.807) is 5.51 Å². The summed E-state index contributed by atoms with van der Waals surface area (Å²) in [6.07, 6.45) is 0. The van der Waals surface area contributed by atoms with Crippen molar-refractivity contribution in [3.05, 3.63) is 44.6 Å². The van der Waals surface area contributed by atoms with Crippen molar-refractivity contribution in [2.24, 2.45) is 0 Å². The molecule has 0 aliphatic carbocycles. The summed E-state index contributed by atoms with van der Waals surface area (Å²) in [5.41, 5.74) is 2.90. The highest BCUT2D eigenvalue weighted by atomic mass is 35.5. The molecule has 0 saturated heterocycles. The fourth-order valence-corrected chi connectivity index (χ4v) is 2.21. The van der Waals surface area contributed by atoms with Gasteiger partial charge in [0, 0.05) is 10.9 Å². The normalized spacial score (nSPS) is 10.2. The van der Waals surface area contributed by atoms with E-state index >= 15 is 0 Å². The molecular formula is C10H7Cl2N3OS. The first-order chi connectivity index (χ1) is 8.15. The minimum Gasteiger partial charge on any atom is -0.346 e. The van der Waals surface area contributed by atoms with Gasteiger partial charge in [0.05, 0.1) is 17.7 Å². The van der Waals surface area contributed by atoms with Gasteiger partial charge in [-0.15, -0.1) is 11.3 Å². The number of amides is 1. The zero-order valence-corrected chi connectivity index (χ0v) is 10.8. The predicted molar refractivity (Wildman–Crippen MR) is 67.5 cm³/mol. The third-order valence-corrected chi connectivity index (χ3v) is 2.96. The third kappa shape index (κ3) is 3.39. The number of hydrogen-bond acceptors (Lipinski definition) is 4. The van der Waals surface area contributed by atoms with Gasteiger partial charge >= 0.3 is 0 Å². The number of nitrogens with zero attached hydrogens (tertiary/aromatic N) is 2. The van der Waals surface area contributed by atoms with Crippen LogP contribution in [0.5, 0.6) is 0 Å². The number of rotatable bonds is 3. The summed E-state index contributed by atoms with van der Waals surface area (Å²) in [6, 6.07) is 2.92. The Bertz CT molecular complexity index is 510. The molecule has 2 aromatic heterocycles. The molecule has 0 bridgehead atoms. The van der Waals surface area contributed by atoms with Crippen LogP contribution in [0.1, 0.15) is 16.1 Å². The van der Waals surface area contributed by atoms with Gasteiger partial charge in [-0.3, -0.25) is 4.79 Å². The van der Waals surface area contributed by atoms with E-state index in [1.165, 1.54) is 23.5 Å². The average molecular weight is 288 g/mol. The van der Waals surface area contributed by atoms with Crippen molar-refractivity contribution < 1.29 is 4.79 Å². The molecule has 7 heteroatoms. The van der Waals surface area contributed by atoms with Gasteiger partial charge < -0.3 is 5.32 Å². The van der Waals surface area contributed by atoms with E-state index in [9.17, 15) is 4.79 Å². The van der Waals surface area contributed by atoms with Crippen LogP contribution in [0, 0.1) is 0 Å². The van der Waals surface area contributed by atoms with Crippen LogP contribution in [0.25, 0.3) is 0 Å². The van der Waals surface area contributed by atoms with Crippen LogP contribution < -0.4 is 5.32 Å². The number of thiazole rings is 1. The largest absolute Gasteiger partial charge is 0.346 e. The van der Waals surface area contributed by atoms with Gasteiger partial charge in [0.25, 0.3) is 5.91 Å². The molecule has 0 aliphatic rings. The summed E-state index contributed by atoms with van der Waals surface area (Å²) in [5.74, 6) is -0.260. The van der Waals surface area contributed by atoms with Gasteiger partial charge in [0.2, 0.25) is 0 Å². The molecule has 0 aliphatic heterocycles. The Morgan fingerprint density at radius 1 is 1.35 bits per heavy atom. The highest BCUT2D eigenvalue weighted by molar-refractivity contribution is 7.07. The maximum absolute atomic E-state index is 11.8. The number of nitrogens with one attached hydrogen (secondary N) is 1. The van der Waals surface area contributed by atoms with E-state index in [1.807, 2.05) is 5.38 Å². The zero-order valence-electron chi connectivity index (χ0n) is 8.48. The molecule has 0 saturated carbocycles. The van der Waals surface area contributed by atoms with E-state index in [0.717, 1.165) is 5.69 Å². The lowest BCUT2D eigenvalue weighted by Gasteiger charge is -2.04. The number of carbonyl (C=O) groups is 1. The molecule has 0 unspecified atom stereocenters. The van der Waals surface area contributed by atoms with E-state index in [2.05, 4.69) is 15.3 Å². The number of carbonyl (C=O) groups excluding carboxylic acids is 1. The highest BCUT2D eigenvalue weighted by Crippen LogP contribution is 2.14. The maximum Gasteiger partial charge on any atom is 0.251 e. The van der Waals surface area contributed by atoms with Crippen LogP contribution in [-0.2, 0) is 6.54 Å². The molecule has 0 fully saturated rings. The van der Waals surface area contributed by atoms with E-state index in [4.69, 9.17) is 23.2 Å². The fraction of sp³-hybridized carbons (Fsp3) is 0.100. The van der Waals surface area contributed by atoms with Gasteiger partial charge in [-0.1, -0.05) is 23.2 Å². The van der Waals surface area contributed by atoms with Crippen LogP contribution in [0.3, 0.4) is 0 Å². The topological polar surface area (TPSA) is 54.9 Å². The first-order valence-corrected chi connectivity index (χ1v) is 6.33. The fourth-order valence-electron chi connectivity index (χ4n) is 1.19. The summed E-state index contributed by atoms with van der Waals surface area (Å²) in [7, 11) is 0. The van der Waals surface area contributed by atoms with Crippen LogP contribution in [0.15, 0.2) is 23.0 Å². The van der Waals surface area contributed by atoms with Crippen molar-refractivity contribution in [2.75, 3.05) is 0 Å². The average Bonchev–Trinajstić information content (AvgIpc) is 2.77. The monoisotopic (exact) mass is 287 g/mol. The standard InChI is InChI=1S/C10H7Cl2N3OS/c11-8-1-6(2-9(12)15-8)10(16)13-3-7-4-17-5-14-7/h1-2,4-5H,3H2,(H,13,16). The van der Waals surface area contributed by atoms with Crippen LogP contribution >= 0.6 is 34.5 Å². The second-order valence-corrected chi connectivity index (χ2v) is 4.66. The first-order valence-electron chi connectivity index (χ1n) is 4.63. The number of halogens is 2. The van der Waals surface area contributed by atoms with Crippen molar-refractivity contribution in [1.29, 1.82) is 0 Å². The molecule has 88 valence electrons. The van der Waals surface area contributed by atoms with E-state index in [0.29, 0.717) is 12.1 Å². The minimum atomic E-state index is -0.260. The zero-order chi connectivity index (χ0) is 12.3. The van der Waals surface area contributed by atoms with Gasteiger partial charge in [0.1, 0.15) is 10.3 Å².